The van der Waals surface area contributed by atoms with Crippen LogP contribution in [-0.4, -0.2) is 13.2 Å². The second-order valence-corrected chi connectivity index (χ2v) is 4.88. The molecule has 0 radical (unpaired) electrons. The van der Waals surface area contributed by atoms with Gasteiger partial charge < -0.3 is 14.9 Å². The molecule has 0 bridgehead atoms. The Bertz CT molecular complexity index is 572. The van der Waals surface area contributed by atoms with Gasteiger partial charge in [-0.15, -0.1) is 0 Å². The van der Waals surface area contributed by atoms with E-state index in [1.807, 2.05) is 6.92 Å². The fourth-order valence-corrected chi connectivity index (χ4v) is 2.58. The maximum absolute atomic E-state index is 13.2. The smallest absolute Gasteiger partial charge is 0.134 e. The van der Waals surface area contributed by atoms with Crippen molar-refractivity contribution < 1.29 is 13.5 Å². The number of hydrogen-bond acceptors (Lipinski definition) is 3. The van der Waals surface area contributed by atoms with Crippen molar-refractivity contribution >= 4 is 11.0 Å². The van der Waals surface area contributed by atoms with Crippen LogP contribution < -0.4 is 5.73 Å². The normalized spacial score (nSPS) is 21.6. The first-order valence-electron chi connectivity index (χ1n) is 6.18. The van der Waals surface area contributed by atoms with E-state index in [1.54, 1.807) is 6.07 Å². The number of hydrogen-bond donors (Lipinski definition) is 1. The highest BCUT2D eigenvalue weighted by Gasteiger charge is 2.28. The van der Waals surface area contributed by atoms with Gasteiger partial charge in [0, 0.05) is 23.5 Å². The molecule has 0 spiro atoms. The van der Waals surface area contributed by atoms with Gasteiger partial charge in [-0.25, -0.2) is 4.39 Å². The van der Waals surface area contributed by atoms with Gasteiger partial charge in [0.2, 0.25) is 0 Å². The third-order valence-electron chi connectivity index (χ3n) is 3.71. The molecule has 1 aromatic carbocycles. The average Bonchev–Trinajstić information content (AvgIpc) is 2.98. The zero-order valence-electron chi connectivity index (χ0n) is 10.3. The van der Waals surface area contributed by atoms with E-state index in [0.717, 1.165) is 29.7 Å². The molecule has 2 aromatic rings. The van der Waals surface area contributed by atoms with E-state index < -0.39 is 0 Å². The van der Waals surface area contributed by atoms with Gasteiger partial charge in [-0.05, 0) is 31.5 Å². The summed E-state index contributed by atoms with van der Waals surface area (Å²) in [5, 5.41) is 0.805. The number of fused-ring (bicyclic) bond motifs is 1. The summed E-state index contributed by atoms with van der Waals surface area (Å²) in [7, 11) is 0. The first kappa shape index (κ1) is 11.7. The molecule has 0 aliphatic carbocycles. The van der Waals surface area contributed by atoms with E-state index in [9.17, 15) is 4.39 Å². The fraction of sp³-hybridized carbons (Fsp3) is 0.429. The predicted octanol–water partition coefficient (Wildman–Crippen LogP) is 2.92. The highest BCUT2D eigenvalue weighted by Crippen LogP contribution is 2.34. The molecule has 96 valence electrons. The van der Waals surface area contributed by atoms with E-state index in [2.05, 4.69) is 0 Å². The molecule has 0 amide bonds. The van der Waals surface area contributed by atoms with Crippen LogP contribution in [0.5, 0.6) is 0 Å². The molecule has 2 N–H and O–H groups in total. The van der Waals surface area contributed by atoms with Crippen LogP contribution in [0.3, 0.4) is 0 Å². The second kappa shape index (κ2) is 4.37. The highest BCUT2D eigenvalue weighted by molar-refractivity contribution is 5.82. The molecule has 3 rings (SSSR count). The lowest BCUT2D eigenvalue weighted by Gasteiger charge is -2.15. The Morgan fingerprint density at radius 1 is 1.44 bits per heavy atom. The van der Waals surface area contributed by atoms with Crippen LogP contribution in [0.25, 0.3) is 11.0 Å². The summed E-state index contributed by atoms with van der Waals surface area (Å²) in [6, 6.07) is 4.37. The number of furan rings is 1. The predicted molar refractivity (Wildman–Crippen MR) is 66.8 cm³/mol. The van der Waals surface area contributed by atoms with E-state index >= 15 is 0 Å². The molecule has 1 saturated heterocycles. The summed E-state index contributed by atoms with van der Waals surface area (Å²) < 4.78 is 24.4. The van der Waals surface area contributed by atoms with Gasteiger partial charge in [0.1, 0.15) is 17.2 Å². The van der Waals surface area contributed by atoms with E-state index in [0.29, 0.717) is 12.2 Å². The van der Waals surface area contributed by atoms with Crippen LogP contribution in [0.1, 0.15) is 23.8 Å². The van der Waals surface area contributed by atoms with Crippen LogP contribution in [0.4, 0.5) is 4.39 Å². The van der Waals surface area contributed by atoms with Gasteiger partial charge in [0.05, 0.1) is 12.6 Å². The second-order valence-electron chi connectivity index (χ2n) is 4.88. The average molecular weight is 249 g/mol. The van der Waals surface area contributed by atoms with Crippen LogP contribution >= 0.6 is 0 Å². The van der Waals surface area contributed by atoms with Crippen molar-refractivity contribution in [1.82, 2.24) is 0 Å². The van der Waals surface area contributed by atoms with Crippen molar-refractivity contribution in [3.63, 3.8) is 0 Å². The zero-order chi connectivity index (χ0) is 12.7. The van der Waals surface area contributed by atoms with Gasteiger partial charge in [-0.2, -0.15) is 0 Å². The first-order valence-corrected chi connectivity index (χ1v) is 6.18. The Balaban J connectivity index is 2.03. The molecular formula is C14H16FNO2. The summed E-state index contributed by atoms with van der Waals surface area (Å²) in [5.74, 6) is 0.788. The summed E-state index contributed by atoms with van der Waals surface area (Å²) in [6.07, 6.45) is 0.950. The minimum atomic E-state index is -0.254. The monoisotopic (exact) mass is 249 g/mol. The molecule has 4 heteroatoms. The van der Waals surface area contributed by atoms with Gasteiger partial charge in [0.15, 0.2) is 0 Å². The third-order valence-corrected chi connectivity index (χ3v) is 3.71. The van der Waals surface area contributed by atoms with Crippen LogP contribution in [0.2, 0.25) is 0 Å². The molecule has 2 heterocycles. The summed E-state index contributed by atoms with van der Waals surface area (Å²) in [5.41, 5.74) is 7.86. The van der Waals surface area contributed by atoms with Crippen LogP contribution in [0, 0.1) is 18.7 Å². The number of halogens is 1. The molecule has 1 fully saturated rings. The minimum absolute atomic E-state index is 0.178. The maximum atomic E-state index is 13.2. The van der Waals surface area contributed by atoms with Crippen molar-refractivity contribution in [2.24, 2.45) is 11.7 Å². The lowest BCUT2D eigenvalue weighted by Crippen LogP contribution is -2.21. The Hall–Kier alpha value is -1.39. The highest BCUT2D eigenvalue weighted by atomic mass is 19.1. The third kappa shape index (κ3) is 1.82. The van der Waals surface area contributed by atoms with Crippen molar-refractivity contribution in [2.45, 2.75) is 19.4 Å². The Labute approximate surface area is 105 Å². The van der Waals surface area contributed by atoms with Crippen molar-refractivity contribution in [1.29, 1.82) is 0 Å². The van der Waals surface area contributed by atoms with Crippen molar-refractivity contribution in [3.8, 4) is 0 Å². The van der Waals surface area contributed by atoms with E-state index in [-0.39, 0.29) is 17.8 Å². The topological polar surface area (TPSA) is 48.4 Å². The maximum Gasteiger partial charge on any atom is 0.134 e. The van der Waals surface area contributed by atoms with Gasteiger partial charge in [0.25, 0.3) is 0 Å². The molecular weight excluding hydrogens is 233 g/mol. The summed E-state index contributed by atoms with van der Waals surface area (Å²) >= 11 is 0. The Morgan fingerprint density at radius 3 is 3.00 bits per heavy atom. The van der Waals surface area contributed by atoms with E-state index in [1.165, 1.54) is 12.1 Å². The molecule has 2 unspecified atom stereocenters. The van der Waals surface area contributed by atoms with Crippen LogP contribution in [0.15, 0.2) is 22.6 Å². The number of aryl methyl sites for hydroxylation is 1. The summed E-state index contributed by atoms with van der Waals surface area (Å²) in [4.78, 5) is 0. The number of benzene rings is 1. The zero-order valence-corrected chi connectivity index (χ0v) is 10.3. The molecule has 3 nitrogen and oxygen atoms in total. The Morgan fingerprint density at radius 2 is 2.28 bits per heavy atom. The largest absolute Gasteiger partial charge is 0.459 e. The van der Waals surface area contributed by atoms with Gasteiger partial charge in [-0.1, -0.05) is 0 Å². The standard InChI is InChI=1S/C14H16FNO2/c1-8-11-6-10(15)2-3-12(11)18-14(8)13(16)9-4-5-17-7-9/h2-3,6,9,13H,4-5,7,16H2,1H3. The molecule has 18 heavy (non-hydrogen) atoms. The SMILES string of the molecule is Cc1c(C(N)C2CCOC2)oc2ccc(F)cc12. The number of ether oxygens (including phenoxy) is 1. The van der Waals surface area contributed by atoms with E-state index in [4.69, 9.17) is 14.9 Å². The lowest BCUT2D eigenvalue weighted by atomic mass is 9.95. The van der Waals surface area contributed by atoms with Crippen molar-refractivity contribution in [2.75, 3.05) is 13.2 Å². The summed E-state index contributed by atoms with van der Waals surface area (Å²) in [6.45, 7) is 3.36. The number of rotatable bonds is 2. The quantitative estimate of drug-likeness (QED) is 0.890. The molecule has 0 saturated carbocycles. The lowest BCUT2D eigenvalue weighted by molar-refractivity contribution is 0.178. The first-order chi connectivity index (χ1) is 8.66. The molecule has 1 aliphatic heterocycles. The minimum Gasteiger partial charge on any atom is -0.459 e. The molecule has 2 atom stereocenters. The number of nitrogens with two attached hydrogens (primary N) is 1. The fourth-order valence-electron chi connectivity index (χ4n) is 2.58. The van der Waals surface area contributed by atoms with Gasteiger partial charge in [-0.3, -0.25) is 0 Å². The van der Waals surface area contributed by atoms with Crippen molar-refractivity contribution in [3.05, 3.63) is 35.3 Å². The Kier molecular flexibility index (Phi) is 2.84. The molecule has 1 aromatic heterocycles. The molecule has 1 aliphatic rings. The van der Waals surface area contributed by atoms with Gasteiger partial charge >= 0.3 is 0 Å². The van der Waals surface area contributed by atoms with Crippen LogP contribution in [-0.2, 0) is 4.74 Å².